The van der Waals surface area contributed by atoms with Gasteiger partial charge in [0.1, 0.15) is 5.60 Å². The van der Waals surface area contributed by atoms with Gasteiger partial charge in [0, 0.05) is 22.7 Å². The number of nitrogens with one attached hydrogen (secondary N) is 3. The first kappa shape index (κ1) is 28.4. The minimum atomic E-state index is -4.66. The molecular formula is C29H29F3N6O2. The number of hydrogen-bond donors (Lipinski definition) is 3. The lowest BCUT2D eigenvalue weighted by Gasteiger charge is -2.24. The lowest BCUT2D eigenvalue weighted by atomic mass is 10.0. The minimum Gasteiger partial charge on any atom is -0.444 e. The number of benzene rings is 2. The number of ether oxygens (including phenoxy) is 1. The number of guanidine groups is 1. The number of halogens is 3. The fourth-order valence-electron chi connectivity index (χ4n) is 4.59. The first-order chi connectivity index (χ1) is 18.8. The number of H-pyrrole nitrogens is 1. The van der Waals surface area contributed by atoms with Crippen molar-refractivity contribution in [3.05, 3.63) is 76.5 Å². The highest BCUT2D eigenvalue weighted by atomic mass is 19.4. The Balaban J connectivity index is 1.73. The maximum Gasteiger partial charge on any atom is 0.414 e. The molecule has 0 bridgehead atoms. The van der Waals surface area contributed by atoms with E-state index in [1.54, 1.807) is 32.9 Å². The number of fused-ring (bicyclic) bond motifs is 2. The van der Waals surface area contributed by atoms with Gasteiger partial charge in [0.25, 0.3) is 0 Å². The van der Waals surface area contributed by atoms with Crippen molar-refractivity contribution in [2.45, 2.75) is 58.0 Å². The second-order valence-corrected chi connectivity index (χ2v) is 10.4. The first-order valence-electron chi connectivity index (χ1n) is 12.5. The van der Waals surface area contributed by atoms with Crippen LogP contribution in [0.15, 0.2) is 64.2 Å². The van der Waals surface area contributed by atoms with Crippen molar-refractivity contribution in [2.75, 3.05) is 0 Å². The van der Waals surface area contributed by atoms with E-state index >= 15 is 0 Å². The Morgan fingerprint density at radius 3 is 2.58 bits per heavy atom. The van der Waals surface area contributed by atoms with Crippen LogP contribution in [0.2, 0.25) is 0 Å². The van der Waals surface area contributed by atoms with Gasteiger partial charge in [-0.1, -0.05) is 30.3 Å². The van der Waals surface area contributed by atoms with Gasteiger partial charge < -0.3 is 20.4 Å². The zero-order valence-corrected chi connectivity index (χ0v) is 22.5. The quantitative estimate of drug-likeness (QED) is 0.266. The van der Waals surface area contributed by atoms with Crippen LogP contribution < -0.4 is 10.6 Å². The summed E-state index contributed by atoms with van der Waals surface area (Å²) in [6.07, 6.45) is -3.45. The van der Waals surface area contributed by atoms with Crippen molar-refractivity contribution >= 4 is 35.4 Å². The molecule has 2 atom stereocenters. The molecular weight excluding hydrogens is 521 g/mol. The average molecular weight is 551 g/mol. The molecule has 2 aromatic carbocycles. The smallest absolute Gasteiger partial charge is 0.414 e. The number of nitriles is 1. The number of allylic oxidation sites excluding steroid dienone is 1. The van der Waals surface area contributed by atoms with Gasteiger partial charge in [-0.3, -0.25) is 0 Å². The van der Waals surface area contributed by atoms with Crippen molar-refractivity contribution in [3.8, 4) is 6.07 Å². The predicted octanol–water partition coefficient (Wildman–Crippen LogP) is 6.17. The highest BCUT2D eigenvalue weighted by molar-refractivity contribution is 5.99. The number of alkyl halides is 3. The number of aromatic nitrogens is 1. The van der Waals surface area contributed by atoms with E-state index in [-0.39, 0.29) is 17.2 Å². The molecule has 0 radical (unpaired) electrons. The zero-order chi connectivity index (χ0) is 29.2. The van der Waals surface area contributed by atoms with Gasteiger partial charge in [0.05, 0.1) is 35.0 Å². The van der Waals surface area contributed by atoms with Gasteiger partial charge in [-0.05, 0) is 64.1 Å². The third kappa shape index (κ3) is 6.17. The molecule has 40 heavy (non-hydrogen) atoms. The second kappa shape index (κ2) is 10.9. The molecule has 1 aromatic heterocycles. The summed E-state index contributed by atoms with van der Waals surface area (Å²) >= 11 is 0. The van der Waals surface area contributed by atoms with E-state index in [4.69, 9.17) is 4.74 Å². The molecule has 0 aliphatic heterocycles. The molecule has 1 aliphatic carbocycles. The summed E-state index contributed by atoms with van der Waals surface area (Å²) in [5.41, 5.74) is 0.981. The van der Waals surface area contributed by atoms with E-state index in [0.717, 1.165) is 18.1 Å². The molecule has 1 aliphatic rings. The van der Waals surface area contributed by atoms with E-state index in [0.29, 0.717) is 22.9 Å². The Labute approximate surface area is 229 Å². The molecule has 8 nitrogen and oxygen atoms in total. The van der Waals surface area contributed by atoms with Crippen LogP contribution >= 0.6 is 0 Å². The SMILES string of the molecule is C=NC(=N[C@H]1Cc2ccccc2[C@@H]1NC(=O)OC(C)(C)C)N/C(=C(\C)C(F)(F)F)c1c[nH]c2cc(C#N)ccc12. The number of hydrogen-bond acceptors (Lipinski definition) is 4. The van der Waals surface area contributed by atoms with Gasteiger partial charge >= 0.3 is 12.3 Å². The Kier molecular flexibility index (Phi) is 7.73. The fraction of sp³-hybridized carbons (Fsp3) is 0.310. The van der Waals surface area contributed by atoms with Crippen LogP contribution in [0.5, 0.6) is 0 Å². The largest absolute Gasteiger partial charge is 0.444 e. The highest BCUT2D eigenvalue weighted by Crippen LogP contribution is 2.36. The number of rotatable bonds is 4. The van der Waals surface area contributed by atoms with Crippen molar-refractivity contribution in [1.29, 1.82) is 5.26 Å². The molecule has 0 saturated heterocycles. The summed E-state index contributed by atoms with van der Waals surface area (Å²) < 4.78 is 47.4. The summed E-state index contributed by atoms with van der Waals surface area (Å²) in [6.45, 7) is 9.73. The van der Waals surface area contributed by atoms with Gasteiger partial charge in [0.2, 0.25) is 5.96 Å². The number of amides is 1. The minimum absolute atomic E-state index is 0.143. The van der Waals surface area contributed by atoms with Crippen LogP contribution in [0.25, 0.3) is 16.6 Å². The van der Waals surface area contributed by atoms with E-state index in [9.17, 15) is 23.2 Å². The molecule has 4 rings (SSSR count). The summed E-state index contributed by atoms with van der Waals surface area (Å²) in [6, 6.07) is 13.0. The van der Waals surface area contributed by atoms with Crippen molar-refractivity contribution in [3.63, 3.8) is 0 Å². The van der Waals surface area contributed by atoms with E-state index < -0.39 is 35.5 Å². The Morgan fingerprint density at radius 1 is 1.20 bits per heavy atom. The summed E-state index contributed by atoms with van der Waals surface area (Å²) in [7, 11) is 0. The number of aromatic amines is 1. The third-order valence-corrected chi connectivity index (χ3v) is 6.43. The van der Waals surface area contributed by atoms with Gasteiger partial charge in [-0.25, -0.2) is 14.8 Å². The fourth-order valence-corrected chi connectivity index (χ4v) is 4.59. The molecule has 3 N–H and O–H groups in total. The van der Waals surface area contributed by atoms with E-state index in [2.05, 4.69) is 32.3 Å². The molecule has 208 valence electrons. The van der Waals surface area contributed by atoms with Crippen LogP contribution in [0.1, 0.15) is 56.0 Å². The molecule has 0 saturated carbocycles. The number of carbonyl (C=O) groups excluding carboxylic acids is 1. The average Bonchev–Trinajstić information content (AvgIpc) is 3.45. The second-order valence-electron chi connectivity index (χ2n) is 10.4. The Hall–Kier alpha value is -4.59. The van der Waals surface area contributed by atoms with Gasteiger partial charge in [0.15, 0.2) is 0 Å². The number of carbonyl (C=O) groups is 1. The van der Waals surface area contributed by atoms with Gasteiger partial charge in [-0.2, -0.15) is 18.4 Å². The summed E-state index contributed by atoms with van der Waals surface area (Å²) in [4.78, 5) is 24.1. The van der Waals surface area contributed by atoms with E-state index in [1.165, 1.54) is 12.3 Å². The van der Waals surface area contributed by atoms with Crippen LogP contribution in [0.4, 0.5) is 18.0 Å². The van der Waals surface area contributed by atoms with Crippen molar-refractivity contribution < 1.29 is 22.7 Å². The topological polar surface area (TPSA) is 115 Å². The maximum atomic E-state index is 14.0. The zero-order valence-electron chi connectivity index (χ0n) is 22.5. The van der Waals surface area contributed by atoms with Crippen LogP contribution in [-0.4, -0.2) is 41.6 Å². The van der Waals surface area contributed by atoms with E-state index in [1.807, 2.05) is 30.3 Å². The van der Waals surface area contributed by atoms with Crippen LogP contribution in [-0.2, 0) is 11.2 Å². The summed E-state index contributed by atoms with van der Waals surface area (Å²) in [5, 5.41) is 15.3. The lowest BCUT2D eigenvalue weighted by Crippen LogP contribution is -2.38. The third-order valence-electron chi connectivity index (χ3n) is 6.43. The maximum absolute atomic E-state index is 14.0. The monoisotopic (exact) mass is 550 g/mol. The molecule has 0 spiro atoms. The predicted molar refractivity (Wildman–Crippen MR) is 148 cm³/mol. The standard InChI is InChI=1S/C29H29F3N6O2/c1-16(29(30,31)32)24(21-15-35-22-12-17(14-33)10-11-20(21)22)37-26(34-5)36-23-13-18-8-6-7-9-19(18)25(23)38-27(39)40-28(2,3)4/h6-12,15,23,25,35H,5,13H2,1-4H3,(H,36,37)(H,38,39)/b24-16+/t23-,25-/m0/s1. The molecule has 1 heterocycles. The van der Waals surface area contributed by atoms with Crippen LogP contribution in [0.3, 0.4) is 0 Å². The first-order valence-corrected chi connectivity index (χ1v) is 12.5. The lowest BCUT2D eigenvalue weighted by molar-refractivity contribution is -0.0908. The van der Waals surface area contributed by atoms with Crippen LogP contribution in [0, 0.1) is 11.3 Å². The molecule has 11 heteroatoms. The number of nitrogens with zero attached hydrogens (tertiary/aromatic N) is 3. The number of alkyl carbamates (subject to hydrolysis) is 1. The normalized spacial score (nSPS) is 18.0. The molecule has 0 fully saturated rings. The molecule has 3 aromatic rings. The Bertz CT molecular complexity index is 1560. The van der Waals surface area contributed by atoms with Crippen molar-refractivity contribution in [2.24, 2.45) is 9.98 Å². The van der Waals surface area contributed by atoms with Gasteiger partial charge in [-0.15, -0.1) is 0 Å². The highest BCUT2D eigenvalue weighted by Gasteiger charge is 2.36. The summed E-state index contributed by atoms with van der Waals surface area (Å²) in [5.74, 6) is -0.143. The van der Waals surface area contributed by atoms with Crippen molar-refractivity contribution in [1.82, 2.24) is 15.6 Å². The molecule has 0 unspecified atom stereocenters. The molecule has 1 amide bonds. The Morgan fingerprint density at radius 2 is 1.93 bits per heavy atom. The number of aliphatic imine (C=N–C) groups is 2.